The molecular formula is C32H30N6O4. The Hall–Kier alpha value is -5.25. The van der Waals surface area contributed by atoms with Gasteiger partial charge < -0.3 is 19.6 Å². The molecule has 3 heterocycles. The van der Waals surface area contributed by atoms with Crippen molar-refractivity contribution in [1.29, 1.82) is 0 Å². The monoisotopic (exact) mass is 562 g/mol. The van der Waals surface area contributed by atoms with Crippen molar-refractivity contribution in [3.8, 4) is 17.1 Å². The van der Waals surface area contributed by atoms with Gasteiger partial charge in [0, 0.05) is 66.9 Å². The lowest BCUT2D eigenvalue weighted by atomic mass is 9.98. The number of aryl methyl sites for hydroxylation is 2. The lowest BCUT2D eigenvalue weighted by Crippen LogP contribution is -2.25. The molecule has 0 radical (unpaired) electrons. The standard InChI is InChI=1S/C32H30N6O4/c1-36-19-28(33-20-36)22-10-12-24(13-11-22)34-31(30-26-18-25(38(41)42)14-15-27(26)35-32(30)40)23-8-6-21(7-9-23)4-2-16-37-17-3-5-29(37)39/h6-15,18-20,35,40H,2-5,16-17H2,1H3. The van der Waals surface area contributed by atoms with Crippen molar-refractivity contribution >= 4 is 33.9 Å². The van der Waals surface area contributed by atoms with Crippen LogP contribution in [0.5, 0.6) is 5.88 Å². The van der Waals surface area contributed by atoms with Gasteiger partial charge in [-0.15, -0.1) is 0 Å². The number of fused-ring (bicyclic) bond motifs is 1. The number of aliphatic imine (C=N–C) groups is 1. The van der Waals surface area contributed by atoms with E-state index in [1.54, 1.807) is 12.4 Å². The summed E-state index contributed by atoms with van der Waals surface area (Å²) in [6.45, 7) is 1.59. The van der Waals surface area contributed by atoms with E-state index in [4.69, 9.17) is 4.99 Å². The van der Waals surface area contributed by atoms with Gasteiger partial charge in [0.05, 0.1) is 33.9 Å². The molecule has 0 spiro atoms. The summed E-state index contributed by atoms with van der Waals surface area (Å²) in [5.74, 6) is 0.117. The number of aromatic amines is 1. The van der Waals surface area contributed by atoms with Crippen molar-refractivity contribution in [2.24, 2.45) is 12.0 Å². The molecule has 1 saturated heterocycles. The molecule has 0 aliphatic carbocycles. The van der Waals surface area contributed by atoms with E-state index in [0.29, 0.717) is 34.3 Å². The number of non-ortho nitro benzene ring substituents is 1. The molecule has 1 aliphatic rings. The molecule has 5 aromatic rings. The molecule has 10 nitrogen and oxygen atoms in total. The van der Waals surface area contributed by atoms with Crippen molar-refractivity contribution in [3.63, 3.8) is 0 Å². The highest BCUT2D eigenvalue weighted by molar-refractivity contribution is 6.22. The lowest BCUT2D eigenvalue weighted by molar-refractivity contribution is -0.384. The van der Waals surface area contributed by atoms with Crippen LogP contribution in [0.4, 0.5) is 11.4 Å². The Labute approximate surface area is 242 Å². The number of H-pyrrole nitrogens is 1. The van der Waals surface area contributed by atoms with E-state index in [-0.39, 0.29) is 17.5 Å². The molecule has 2 N–H and O–H groups in total. The van der Waals surface area contributed by atoms with Crippen LogP contribution in [0.3, 0.4) is 0 Å². The zero-order valence-electron chi connectivity index (χ0n) is 23.2. The van der Waals surface area contributed by atoms with Crippen LogP contribution in [-0.4, -0.2) is 54.2 Å². The van der Waals surface area contributed by atoms with E-state index in [0.717, 1.165) is 54.7 Å². The number of benzene rings is 3. The Morgan fingerprint density at radius 1 is 1.12 bits per heavy atom. The van der Waals surface area contributed by atoms with Crippen molar-refractivity contribution in [2.75, 3.05) is 13.1 Å². The molecule has 2 aromatic heterocycles. The predicted molar refractivity (Wildman–Crippen MR) is 161 cm³/mol. The number of carbonyl (C=O) groups excluding carboxylic acids is 1. The highest BCUT2D eigenvalue weighted by Gasteiger charge is 2.22. The minimum absolute atomic E-state index is 0.0753. The van der Waals surface area contributed by atoms with Crippen molar-refractivity contribution in [2.45, 2.75) is 25.7 Å². The van der Waals surface area contributed by atoms with E-state index < -0.39 is 4.92 Å². The Bertz CT molecular complexity index is 1800. The number of hydrogen-bond donors (Lipinski definition) is 2. The van der Waals surface area contributed by atoms with E-state index in [9.17, 15) is 20.0 Å². The number of aromatic hydroxyl groups is 1. The summed E-state index contributed by atoms with van der Waals surface area (Å²) in [6, 6.07) is 20.0. The summed E-state index contributed by atoms with van der Waals surface area (Å²) in [4.78, 5) is 37.2. The number of hydrogen-bond acceptors (Lipinski definition) is 6. The Kier molecular flexibility index (Phi) is 7.26. The van der Waals surface area contributed by atoms with Crippen molar-refractivity contribution in [3.05, 3.63) is 106 Å². The van der Waals surface area contributed by atoms with Gasteiger partial charge in [-0.1, -0.05) is 36.4 Å². The maximum absolute atomic E-state index is 11.9. The number of nitrogens with one attached hydrogen (secondary N) is 1. The number of rotatable bonds is 9. The Balaban J connectivity index is 1.35. The number of nitro benzene ring substituents is 1. The molecule has 6 rings (SSSR count). The number of aromatic nitrogens is 3. The van der Waals surface area contributed by atoms with Gasteiger partial charge in [-0.05, 0) is 43.0 Å². The number of nitrogens with zero attached hydrogens (tertiary/aromatic N) is 5. The number of imidazole rings is 1. The molecule has 1 aliphatic heterocycles. The molecule has 1 fully saturated rings. The summed E-state index contributed by atoms with van der Waals surface area (Å²) in [7, 11) is 1.92. The molecule has 0 bridgehead atoms. The fourth-order valence-electron chi connectivity index (χ4n) is 5.43. The van der Waals surface area contributed by atoms with Gasteiger partial charge in [-0.25, -0.2) is 9.98 Å². The summed E-state index contributed by atoms with van der Waals surface area (Å²) < 4.78 is 1.88. The molecule has 212 valence electrons. The second kappa shape index (κ2) is 11.3. The van der Waals surface area contributed by atoms with E-state index in [1.165, 1.54) is 12.1 Å². The first-order valence-electron chi connectivity index (χ1n) is 13.9. The highest BCUT2D eigenvalue weighted by atomic mass is 16.6. The molecule has 1 amide bonds. The van der Waals surface area contributed by atoms with Crippen molar-refractivity contribution in [1.82, 2.24) is 19.4 Å². The third-order valence-electron chi connectivity index (χ3n) is 7.61. The van der Waals surface area contributed by atoms with E-state index >= 15 is 0 Å². The smallest absolute Gasteiger partial charge is 0.270 e. The minimum atomic E-state index is -0.453. The highest BCUT2D eigenvalue weighted by Crippen LogP contribution is 2.34. The van der Waals surface area contributed by atoms with Gasteiger partial charge in [0.1, 0.15) is 0 Å². The van der Waals surface area contributed by atoms with Gasteiger partial charge in [0.15, 0.2) is 5.88 Å². The first kappa shape index (κ1) is 26.9. The van der Waals surface area contributed by atoms with E-state index in [1.807, 2.05) is 71.2 Å². The normalized spacial score (nSPS) is 13.8. The Morgan fingerprint density at radius 2 is 1.90 bits per heavy atom. The molecule has 42 heavy (non-hydrogen) atoms. The quantitative estimate of drug-likeness (QED) is 0.131. The van der Waals surface area contributed by atoms with Gasteiger partial charge in [0.2, 0.25) is 5.91 Å². The summed E-state index contributed by atoms with van der Waals surface area (Å²) in [5, 5.41) is 23.1. The first-order chi connectivity index (χ1) is 20.4. The Morgan fingerprint density at radius 3 is 2.57 bits per heavy atom. The number of likely N-dealkylation sites (tertiary alicyclic amines) is 1. The third kappa shape index (κ3) is 5.51. The zero-order valence-corrected chi connectivity index (χ0v) is 23.2. The SMILES string of the molecule is Cn1cnc(-c2ccc(N=C(c3ccc(CCCN4CCCC4=O)cc3)c3c(O)[nH]c4ccc([N+](=O)[O-])cc34)cc2)c1. The zero-order chi connectivity index (χ0) is 29.2. The average Bonchev–Trinajstić information content (AvgIpc) is 3.70. The molecule has 3 aromatic carbocycles. The maximum Gasteiger partial charge on any atom is 0.270 e. The number of amides is 1. The minimum Gasteiger partial charge on any atom is -0.494 e. The second-order valence-electron chi connectivity index (χ2n) is 10.6. The van der Waals surface area contributed by atoms with Crippen LogP contribution in [0.15, 0.2) is 84.2 Å². The molecule has 0 unspecified atom stereocenters. The van der Waals surface area contributed by atoms with Gasteiger partial charge in [-0.2, -0.15) is 0 Å². The molecule has 0 saturated carbocycles. The van der Waals surface area contributed by atoms with Crippen LogP contribution in [0.1, 0.15) is 36.0 Å². The fourth-order valence-corrected chi connectivity index (χ4v) is 5.43. The van der Waals surface area contributed by atoms with Crippen LogP contribution in [0.25, 0.3) is 22.2 Å². The van der Waals surface area contributed by atoms with Crippen molar-refractivity contribution < 1.29 is 14.8 Å². The van der Waals surface area contributed by atoms with Crippen LogP contribution >= 0.6 is 0 Å². The van der Waals surface area contributed by atoms with Gasteiger partial charge in [-0.3, -0.25) is 14.9 Å². The lowest BCUT2D eigenvalue weighted by Gasteiger charge is -2.15. The largest absolute Gasteiger partial charge is 0.494 e. The van der Waals surface area contributed by atoms with Gasteiger partial charge in [0.25, 0.3) is 5.69 Å². The summed E-state index contributed by atoms with van der Waals surface area (Å²) in [5.41, 5.74) is 5.70. The number of nitro groups is 1. The van der Waals surface area contributed by atoms with Crippen LogP contribution in [-0.2, 0) is 18.3 Å². The van der Waals surface area contributed by atoms with E-state index in [2.05, 4.69) is 9.97 Å². The maximum atomic E-state index is 11.9. The third-order valence-corrected chi connectivity index (χ3v) is 7.61. The topological polar surface area (TPSA) is 130 Å². The molecule has 10 heteroatoms. The fraction of sp³-hybridized carbons (Fsp3) is 0.219. The summed E-state index contributed by atoms with van der Waals surface area (Å²) in [6.07, 6.45) is 6.97. The van der Waals surface area contributed by atoms with Crippen LogP contribution in [0, 0.1) is 10.1 Å². The molecule has 0 atom stereocenters. The second-order valence-corrected chi connectivity index (χ2v) is 10.6. The molecular weight excluding hydrogens is 532 g/mol. The first-order valence-corrected chi connectivity index (χ1v) is 13.9. The van der Waals surface area contributed by atoms with Crippen LogP contribution < -0.4 is 0 Å². The summed E-state index contributed by atoms with van der Waals surface area (Å²) >= 11 is 0. The van der Waals surface area contributed by atoms with Crippen LogP contribution in [0.2, 0.25) is 0 Å². The average molecular weight is 563 g/mol. The van der Waals surface area contributed by atoms with Gasteiger partial charge >= 0.3 is 0 Å². The predicted octanol–water partition coefficient (Wildman–Crippen LogP) is 5.91. The number of carbonyl (C=O) groups is 1.